The van der Waals surface area contributed by atoms with Crippen molar-refractivity contribution in [1.29, 1.82) is 0 Å². The minimum absolute atomic E-state index is 0. The Labute approximate surface area is 238 Å². The smallest absolute Gasteiger partial charge is 0.232 e. The molecule has 0 bridgehead atoms. The van der Waals surface area contributed by atoms with Crippen LogP contribution in [0.4, 0.5) is 23.3 Å². The molecule has 4 aromatic heterocycles. The van der Waals surface area contributed by atoms with Crippen molar-refractivity contribution in [3.63, 3.8) is 0 Å². The van der Waals surface area contributed by atoms with E-state index in [0.717, 1.165) is 5.39 Å². The number of benzene rings is 3. The Morgan fingerprint density at radius 2 is 0.956 bits per heavy atom. The summed E-state index contributed by atoms with van der Waals surface area (Å²) in [4.78, 5) is 13.6. The molecular formula is C31H22N5O6Rf3-3. The molecule has 4 heterocycles. The average molecular weight is 1360 g/mol. The zero-order chi connectivity index (χ0) is 29.1. The quantitative estimate of drug-likeness (QED) is 0.0875. The van der Waals surface area contributed by atoms with Crippen molar-refractivity contribution in [2.45, 2.75) is 6.42 Å². The van der Waals surface area contributed by atoms with E-state index in [1.165, 1.54) is 37.0 Å². The van der Waals surface area contributed by atoms with E-state index in [4.69, 9.17) is 13.3 Å². The molecule has 0 radical (unpaired) electrons. The number of hydrogen-bond acceptors (Lipinski definition) is 11. The maximum atomic E-state index is 10.7. The van der Waals surface area contributed by atoms with Crippen LogP contribution in [0.1, 0.15) is 28.1 Å². The molecule has 0 aliphatic carbocycles. The van der Waals surface area contributed by atoms with Gasteiger partial charge in [0, 0.05) is 24.6 Å². The standard InChI is InChI=1S/C31H22N5O6.3Rf/c1-14-11-40-26-8-23(37)17(4-18(14)26)5-29-34-30(32-21-6-19-15(2)12-41-27(19)9-24(21)38)36-31(35-29)33-22-7-20-16(3)13-42-28(20)10-25(22)39;;;/h4,6-13,37-39H,1-3,5H2,(H2,32,33,34,35,36);;;/q-3;;;. The van der Waals surface area contributed by atoms with Gasteiger partial charge in [-0.25, -0.2) is 0 Å². The second-order valence-electron chi connectivity index (χ2n) is 9.82. The summed E-state index contributed by atoms with van der Waals surface area (Å²) in [6.45, 7) is 11.9. The van der Waals surface area contributed by atoms with E-state index >= 15 is 0 Å². The zero-order valence-corrected chi connectivity index (χ0v) is 43.3. The van der Waals surface area contributed by atoms with Crippen molar-refractivity contribution < 1.29 is 28.6 Å². The van der Waals surface area contributed by atoms with Crippen LogP contribution in [0.5, 0.6) is 17.2 Å². The van der Waals surface area contributed by atoms with Crippen molar-refractivity contribution in [3.8, 4) is 17.2 Å². The molecule has 0 saturated carbocycles. The summed E-state index contributed by atoms with van der Waals surface area (Å²) in [5, 5.41) is 40.2. The molecule has 14 heteroatoms. The van der Waals surface area contributed by atoms with Crippen molar-refractivity contribution in [2.75, 3.05) is 10.6 Å². The number of aromatic hydroxyl groups is 3. The fourth-order valence-electron chi connectivity index (χ4n) is 4.76. The van der Waals surface area contributed by atoms with Crippen molar-refractivity contribution in [1.82, 2.24) is 15.0 Å². The Hall–Kier alpha value is -9.10. The number of aromatic nitrogens is 3. The Balaban J connectivity index is 0.00000154. The second kappa shape index (κ2) is 10.1. The predicted octanol–water partition coefficient (Wildman–Crippen LogP) is 6.85. The molecule has 216 valence electrons. The Kier molecular flexibility index (Phi) is 6.51. The second-order valence-corrected chi connectivity index (χ2v) is 9.82. The van der Waals surface area contributed by atoms with E-state index in [1.54, 1.807) is 18.2 Å². The largest absolute Gasteiger partial charge is 0.534 e. The van der Waals surface area contributed by atoms with Crippen LogP contribution < -0.4 is 10.6 Å². The van der Waals surface area contributed by atoms with Crippen LogP contribution in [-0.2, 0) is 6.42 Å². The van der Waals surface area contributed by atoms with E-state index in [-0.39, 0.29) is 41.4 Å². The first kappa shape index (κ1) is 28.9. The Morgan fingerprint density at radius 1 is 0.556 bits per heavy atom. The SMILES string of the molecule is [CH2-]c1coc2cc(O)c(Cc3nc(Nc4cc5c([CH2-])coc5cc4O)nc(Nc4cc5c([CH2-])coc5cc4O)n3)cc12.[Rf].[Rf].[Rf]. The minimum atomic E-state index is -0.0922. The van der Waals surface area contributed by atoms with Crippen LogP contribution in [0.15, 0.2) is 68.4 Å². The van der Waals surface area contributed by atoms with Gasteiger partial charge >= 0.3 is 0 Å². The third-order valence-electron chi connectivity index (χ3n) is 6.92. The zero-order valence-electron chi connectivity index (χ0n) is 24.1. The van der Waals surface area contributed by atoms with Gasteiger partial charge in [-0.15, -0.1) is 0 Å². The van der Waals surface area contributed by atoms with Gasteiger partial charge in [-0.2, -0.15) is 52.4 Å². The third kappa shape index (κ3) is 4.67. The van der Waals surface area contributed by atoms with Crippen LogP contribution in [0, 0.1) is 20.8 Å². The Bertz CT molecular complexity index is 1920. The number of fused-ring (bicyclic) bond motifs is 3. The number of rotatable bonds is 6. The number of furan rings is 3. The van der Waals surface area contributed by atoms with Crippen molar-refractivity contribution >= 4 is 56.2 Å². The van der Waals surface area contributed by atoms with Crippen LogP contribution in [0.2, 0.25) is 0 Å². The number of nitrogens with one attached hydrogen (secondary N) is 2. The molecule has 7 rings (SSSR count). The number of anilines is 4. The first-order chi connectivity index (χ1) is 20.2. The van der Waals surface area contributed by atoms with Gasteiger partial charge in [0.15, 0.2) is 0 Å². The third-order valence-corrected chi connectivity index (χ3v) is 6.92. The van der Waals surface area contributed by atoms with Gasteiger partial charge < -0.3 is 39.2 Å². The summed E-state index contributed by atoms with van der Waals surface area (Å²) >= 11 is 0. The Morgan fingerprint density at radius 3 is 1.40 bits per heavy atom. The van der Waals surface area contributed by atoms with Crippen molar-refractivity contribution in [3.05, 3.63) is 104 Å². The number of nitrogens with zero attached hydrogens (tertiary/aromatic N) is 3. The molecule has 5 N–H and O–H groups in total. The molecule has 0 aliphatic rings. The van der Waals surface area contributed by atoms with Crippen molar-refractivity contribution in [2.24, 2.45) is 0 Å². The van der Waals surface area contributed by atoms with E-state index in [0.29, 0.717) is 61.2 Å². The van der Waals surface area contributed by atoms with Crippen LogP contribution in [-0.4, -0.2) is 30.3 Å². The van der Waals surface area contributed by atoms with Gasteiger partial charge in [-0.05, 0) is 24.4 Å². The van der Waals surface area contributed by atoms with Gasteiger partial charge in [0.05, 0.1) is 28.1 Å². The minimum Gasteiger partial charge on any atom is -0.534 e. The number of phenolic OH excluding ortho intramolecular Hbond substituents is 3. The molecule has 0 spiro atoms. The van der Waals surface area contributed by atoms with Gasteiger partial charge in [0.1, 0.15) is 23.1 Å². The molecule has 0 aliphatic heterocycles. The van der Waals surface area contributed by atoms with E-state index in [9.17, 15) is 15.3 Å². The molecule has 11 nitrogen and oxygen atoms in total. The van der Waals surface area contributed by atoms with Crippen LogP contribution >= 0.6 is 0 Å². The summed E-state index contributed by atoms with van der Waals surface area (Å²) in [6.07, 6.45) is 4.63. The first-order valence-electron chi connectivity index (χ1n) is 12.7. The van der Waals surface area contributed by atoms with E-state index in [1.807, 2.05) is 0 Å². The summed E-state index contributed by atoms with van der Waals surface area (Å²) < 4.78 is 16.3. The molecule has 45 heavy (non-hydrogen) atoms. The average Bonchev–Trinajstić information content (AvgIpc) is 3.61. The fraction of sp³-hybridized carbons (Fsp3) is 0.0323. The van der Waals surface area contributed by atoms with Gasteiger partial charge in [-0.3, -0.25) is 0 Å². The molecule has 0 fully saturated rings. The molecule has 0 atom stereocenters. The van der Waals surface area contributed by atoms with Crippen LogP contribution in [0.3, 0.4) is 0 Å². The van der Waals surface area contributed by atoms with Gasteiger partial charge in [0.25, 0.3) is 0 Å². The monoisotopic (exact) mass is 1360 g/mol. The molecule has 0 saturated heterocycles. The topological polar surface area (TPSA) is 163 Å². The van der Waals surface area contributed by atoms with E-state index in [2.05, 4.69) is 46.4 Å². The van der Waals surface area contributed by atoms with Crippen LogP contribution in [0.25, 0.3) is 32.9 Å². The molecule has 0 amide bonds. The molecular weight excluding hydrogens is 1340 g/mol. The van der Waals surface area contributed by atoms with Gasteiger partial charge in [0.2, 0.25) is 11.9 Å². The fourth-order valence-corrected chi connectivity index (χ4v) is 4.76. The summed E-state index contributed by atoms with van der Waals surface area (Å²) in [5.41, 5.74) is 4.59. The maximum absolute atomic E-state index is 10.7. The summed E-state index contributed by atoms with van der Waals surface area (Å²) in [6, 6.07) is 9.57. The summed E-state index contributed by atoms with van der Waals surface area (Å²) in [7, 11) is 0. The normalized spacial score (nSPS) is 10.8. The predicted molar refractivity (Wildman–Crippen MR) is 156 cm³/mol. The molecule has 3 aromatic carbocycles. The summed E-state index contributed by atoms with van der Waals surface area (Å²) in [5.74, 6) is 0.278. The van der Waals surface area contributed by atoms with Gasteiger partial charge in [-0.1, -0.05) is 34.4 Å². The number of phenols is 3. The number of hydrogen-bond donors (Lipinski definition) is 5. The van der Waals surface area contributed by atoms with E-state index < -0.39 is 0 Å². The molecule has 7 aromatic rings. The molecule has 0 unspecified atom stereocenters. The first-order valence-corrected chi connectivity index (χ1v) is 12.7. The maximum Gasteiger partial charge on any atom is 0.232 e.